The van der Waals surface area contributed by atoms with Crippen molar-refractivity contribution in [1.29, 1.82) is 0 Å². The maximum atomic E-state index is 12.5. The van der Waals surface area contributed by atoms with Crippen LogP contribution in [0.1, 0.15) is 16.1 Å². The van der Waals surface area contributed by atoms with Crippen LogP contribution in [0, 0.1) is 0 Å². The quantitative estimate of drug-likeness (QED) is 0.846. The molecule has 3 heterocycles. The van der Waals surface area contributed by atoms with Crippen LogP contribution in [0.4, 0.5) is 0 Å². The Labute approximate surface area is 144 Å². The van der Waals surface area contributed by atoms with E-state index in [0.717, 1.165) is 5.56 Å². The number of rotatable bonds is 3. The molecule has 0 bridgehead atoms. The number of carbonyl (C=O) groups is 2. The van der Waals surface area contributed by atoms with Crippen molar-refractivity contribution in [2.75, 3.05) is 33.0 Å². The summed E-state index contributed by atoms with van der Waals surface area (Å²) in [5.74, 6) is 1.64. The Morgan fingerprint density at radius 1 is 0.960 bits per heavy atom. The highest BCUT2D eigenvalue weighted by molar-refractivity contribution is 5.91. The number of carbonyl (C=O) groups excluding carboxylic acids is 2. The van der Waals surface area contributed by atoms with Crippen LogP contribution in [0.15, 0.2) is 41.0 Å². The molecule has 0 radical (unpaired) electrons. The number of nitrogens with zero attached hydrogens (tertiary/aromatic N) is 2. The van der Waals surface area contributed by atoms with Crippen molar-refractivity contribution in [1.82, 2.24) is 9.80 Å². The molecule has 25 heavy (non-hydrogen) atoms. The Kier molecular flexibility index (Phi) is 4.05. The summed E-state index contributed by atoms with van der Waals surface area (Å²) in [5, 5.41) is 0. The molecule has 2 aliphatic rings. The third-order valence-electron chi connectivity index (χ3n) is 4.44. The zero-order valence-corrected chi connectivity index (χ0v) is 13.6. The predicted octanol–water partition coefficient (Wildman–Crippen LogP) is 1.54. The van der Waals surface area contributed by atoms with Gasteiger partial charge < -0.3 is 23.7 Å². The Morgan fingerprint density at radius 2 is 1.72 bits per heavy atom. The van der Waals surface area contributed by atoms with Crippen LogP contribution in [-0.4, -0.2) is 54.6 Å². The largest absolute Gasteiger partial charge is 0.459 e. The van der Waals surface area contributed by atoms with Gasteiger partial charge in [0.1, 0.15) is 0 Å². The molecule has 0 spiro atoms. The zero-order valence-electron chi connectivity index (χ0n) is 13.6. The van der Waals surface area contributed by atoms with E-state index >= 15 is 0 Å². The molecule has 4 rings (SSSR count). The summed E-state index contributed by atoms with van der Waals surface area (Å²) in [6.07, 6.45) is 1.79. The third kappa shape index (κ3) is 3.17. The topological polar surface area (TPSA) is 72.2 Å². The van der Waals surface area contributed by atoms with Gasteiger partial charge in [-0.15, -0.1) is 0 Å². The SMILES string of the molecule is O=C(Cc1ccc2c(c1)OCO2)N1CCN(C(=O)c2ccco2)CC1. The van der Waals surface area contributed by atoms with E-state index in [9.17, 15) is 9.59 Å². The summed E-state index contributed by atoms with van der Waals surface area (Å²) >= 11 is 0. The lowest BCUT2D eigenvalue weighted by Crippen LogP contribution is -2.50. The minimum Gasteiger partial charge on any atom is -0.459 e. The van der Waals surface area contributed by atoms with Gasteiger partial charge in [-0.3, -0.25) is 9.59 Å². The average molecular weight is 342 g/mol. The molecule has 0 N–H and O–H groups in total. The molecular formula is C18H18N2O5. The van der Waals surface area contributed by atoms with Gasteiger partial charge in [-0.2, -0.15) is 0 Å². The van der Waals surface area contributed by atoms with Crippen molar-refractivity contribution < 1.29 is 23.5 Å². The number of hydrogen-bond donors (Lipinski definition) is 0. The van der Waals surface area contributed by atoms with Gasteiger partial charge in [-0.25, -0.2) is 0 Å². The maximum Gasteiger partial charge on any atom is 0.289 e. The van der Waals surface area contributed by atoms with Gasteiger partial charge in [0.25, 0.3) is 5.91 Å². The van der Waals surface area contributed by atoms with Crippen LogP contribution in [-0.2, 0) is 11.2 Å². The fourth-order valence-electron chi connectivity index (χ4n) is 3.05. The first-order valence-corrected chi connectivity index (χ1v) is 8.20. The molecule has 7 heteroatoms. The molecule has 2 aliphatic heterocycles. The summed E-state index contributed by atoms with van der Waals surface area (Å²) in [5.41, 5.74) is 0.892. The number of furan rings is 1. The van der Waals surface area contributed by atoms with Crippen LogP contribution in [0.25, 0.3) is 0 Å². The van der Waals surface area contributed by atoms with E-state index in [0.29, 0.717) is 49.9 Å². The zero-order chi connectivity index (χ0) is 17.2. The van der Waals surface area contributed by atoms with Crippen molar-refractivity contribution in [2.45, 2.75) is 6.42 Å². The van der Waals surface area contributed by atoms with Crippen molar-refractivity contribution >= 4 is 11.8 Å². The van der Waals surface area contributed by atoms with Crippen LogP contribution in [0.2, 0.25) is 0 Å². The number of benzene rings is 1. The van der Waals surface area contributed by atoms with Crippen LogP contribution in [0.5, 0.6) is 11.5 Å². The summed E-state index contributed by atoms with van der Waals surface area (Å²) in [6, 6.07) is 8.89. The van der Waals surface area contributed by atoms with E-state index in [4.69, 9.17) is 13.9 Å². The predicted molar refractivity (Wildman–Crippen MR) is 87.5 cm³/mol. The fourth-order valence-corrected chi connectivity index (χ4v) is 3.05. The molecule has 1 saturated heterocycles. The highest BCUT2D eigenvalue weighted by Gasteiger charge is 2.26. The second kappa shape index (κ2) is 6.51. The standard InChI is InChI=1S/C18H18N2O5/c21-17(11-13-3-4-14-16(10-13)25-12-24-14)19-5-7-20(8-6-19)18(22)15-2-1-9-23-15/h1-4,9-10H,5-8,11-12H2. The van der Waals surface area contributed by atoms with Crippen molar-refractivity contribution in [3.63, 3.8) is 0 Å². The lowest BCUT2D eigenvalue weighted by Gasteiger charge is -2.34. The molecule has 2 amide bonds. The molecular weight excluding hydrogens is 324 g/mol. The number of hydrogen-bond acceptors (Lipinski definition) is 5. The smallest absolute Gasteiger partial charge is 0.289 e. The van der Waals surface area contributed by atoms with E-state index < -0.39 is 0 Å². The third-order valence-corrected chi connectivity index (χ3v) is 4.44. The lowest BCUT2D eigenvalue weighted by atomic mass is 10.1. The number of fused-ring (bicyclic) bond motifs is 1. The van der Waals surface area contributed by atoms with Gasteiger partial charge in [0, 0.05) is 26.2 Å². The first-order valence-electron chi connectivity index (χ1n) is 8.20. The van der Waals surface area contributed by atoms with E-state index in [1.54, 1.807) is 21.9 Å². The van der Waals surface area contributed by atoms with Gasteiger partial charge in [0.15, 0.2) is 17.3 Å². The molecule has 130 valence electrons. The van der Waals surface area contributed by atoms with E-state index in [1.165, 1.54) is 6.26 Å². The monoisotopic (exact) mass is 342 g/mol. The van der Waals surface area contributed by atoms with Crippen LogP contribution < -0.4 is 9.47 Å². The molecule has 7 nitrogen and oxygen atoms in total. The number of ether oxygens (including phenoxy) is 2. The Morgan fingerprint density at radius 3 is 2.48 bits per heavy atom. The molecule has 0 unspecified atom stereocenters. The molecule has 2 aromatic rings. The molecule has 1 aromatic heterocycles. The number of piperazine rings is 1. The minimum atomic E-state index is -0.132. The van der Waals surface area contributed by atoms with Crippen molar-refractivity contribution in [3.8, 4) is 11.5 Å². The van der Waals surface area contributed by atoms with E-state index in [1.807, 2.05) is 18.2 Å². The van der Waals surface area contributed by atoms with Crippen LogP contribution >= 0.6 is 0 Å². The summed E-state index contributed by atoms with van der Waals surface area (Å²) < 4.78 is 15.8. The molecule has 1 aromatic carbocycles. The van der Waals surface area contributed by atoms with Crippen molar-refractivity contribution in [2.24, 2.45) is 0 Å². The first-order chi connectivity index (χ1) is 12.2. The average Bonchev–Trinajstić information content (AvgIpc) is 3.32. The van der Waals surface area contributed by atoms with Gasteiger partial charge in [0.2, 0.25) is 12.7 Å². The lowest BCUT2D eigenvalue weighted by molar-refractivity contribution is -0.131. The second-order valence-electron chi connectivity index (χ2n) is 6.01. The van der Waals surface area contributed by atoms with Gasteiger partial charge >= 0.3 is 0 Å². The highest BCUT2D eigenvalue weighted by atomic mass is 16.7. The van der Waals surface area contributed by atoms with Crippen molar-refractivity contribution in [3.05, 3.63) is 47.9 Å². The Balaban J connectivity index is 1.33. The summed E-state index contributed by atoms with van der Waals surface area (Å²) in [4.78, 5) is 28.2. The maximum absolute atomic E-state index is 12.5. The normalized spacial score (nSPS) is 16.2. The molecule has 0 aliphatic carbocycles. The summed E-state index contributed by atoms with van der Waals surface area (Å²) in [7, 11) is 0. The van der Waals surface area contributed by atoms with E-state index in [-0.39, 0.29) is 18.6 Å². The van der Waals surface area contributed by atoms with E-state index in [2.05, 4.69) is 0 Å². The van der Waals surface area contributed by atoms with Gasteiger partial charge in [-0.05, 0) is 29.8 Å². The van der Waals surface area contributed by atoms with Gasteiger partial charge in [-0.1, -0.05) is 6.07 Å². The molecule has 0 atom stereocenters. The minimum absolute atomic E-state index is 0.0453. The summed E-state index contributed by atoms with van der Waals surface area (Å²) in [6.45, 7) is 2.28. The Bertz CT molecular complexity index is 779. The Hall–Kier alpha value is -2.96. The highest BCUT2D eigenvalue weighted by Crippen LogP contribution is 2.32. The molecule has 0 saturated carbocycles. The first kappa shape index (κ1) is 15.6. The molecule has 1 fully saturated rings. The number of amides is 2. The second-order valence-corrected chi connectivity index (χ2v) is 6.01. The van der Waals surface area contributed by atoms with Crippen LogP contribution in [0.3, 0.4) is 0 Å². The fraction of sp³-hybridized carbons (Fsp3) is 0.333. The van der Waals surface area contributed by atoms with Gasteiger partial charge in [0.05, 0.1) is 12.7 Å².